The van der Waals surface area contributed by atoms with E-state index in [1.165, 1.54) is 12.8 Å². The Morgan fingerprint density at radius 2 is 2.33 bits per heavy atom. The molecule has 1 saturated heterocycles. The summed E-state index contributed by atoms with van der Waals surface area (Å²) in [6.45, 7) is 4.82. The Bertz CT molecular complexity index is 367. The molecule has 1 aromatic heterocycles. The summed E-state index contributed by atoms with van der Waals surface area (Å²) in [5, 5.41) is 3.44. The van der Waals surface area contributed by atoms with E-state index in [0.717, 1.165) is 44.5 Å². The first-order valence-electron chi connectivity index (χ1n) is 6.88. The molecule has 1 N–H and O–H groups in total. The molecule has 0 spiro atoms. The van der Waals surface area contributed by atoms with E-state index in [1.54, 1.807) is 0 Å². The molecule has 98 valence electrons. The second-order valence-electron chi connectivity index (χ2n) is 5.17. The van der Waals surface area contributed by atoms with Crippen molar-refractivity contribution in [2.24, 2.45) is 0 Å². The highest BCUT2D eigenvalue weighted by atomic mass is 16.5. The molecule has 1 atom stereocenters. The molecular weight excluding hydrogens is 226 g/mol. The van der Waals surface area contributed by atoms with Gasteiger partial charge in [-0.15, -0.1) is 0 Å². The lowest BCUT2D eigenvalue weighted by Gasteiger charge is -2.33. The maximum atomic E-state index is 5.80. The van der Waals surface area contributed by atoms with Crippen LogP contribution < -0.4 is 5.32 Å². The van der Waals surface area contributed by atoms with Crippen molar-refractivity contribution in [3.63, 3.8) is 0 Å². The molecule has 1 saturated carbocycles. The minimum atomic E-state index is 0.336. The number of rotatable bonds is 5. The molecule has 0 unspecified atom stereocenters. The van der Waals surface area contributed by atoms with Gasteiger partial charge < -0.3 is 10.1 Å². The number of pyridine rings is 1. The van der Waals surface area contributed by atoms with Crippen molar-refractivity contribution in [3.8, 4) is 0 Å². The zero-order valence-corrected chi connectivity index (χ0v) is 10.7. The Kier molecular flexibility index (Phi) is 3.88. The van der Waals surface area contributed by atoms with Crippen molar-refractivity contribution in [1.29, 1.82) is 0 Å². The average Bonchev–Trinajstić information content (AvgIpc) is 3.25. The zero-order valence-electron chi connectivity index (χ0n) is 10.7. The second kappa shape index (κ2) is 5.78. The van der Waals surface area contributed by atoms with E-state index in [2.05, 4.69) is 15.2 Å². The van der Waals surface area contributed by atoms with Crippen molar-refractivity contribution in [3.05, 3.63) is 30.1 Å². The lowest BCUT2D eigenvalue weighted by Crippen LogP contribution is -2.47. The van der Waals surface area contributed by atoms with Crippen molar-refractivity contribution in [1.82, 2.24) is 15.2 Å². The average molecular weight is 247 g/mol. The molecule has 0 radical (unpaired) electrons. The number of nitrogens with one attached hydrogen (secondary N) is 1. The van der Waals surface area contributed by atoms with Crippen molar-refractivity contribution >= 4 is 0 Å². The minimum absolute atomic E-state index is 0.336. The summed E-state index contributed by atoms with van der Waals surface area (Å²) >= 11 is 0. The highest BCUT2D eigenvalue weighted by molar-refractivity contribution is 5.02. The van der Waals surface area contributed by atoms with E-state index >= 15 is 0 Å². The molecule has 1 aliphatic carbocycles. The van der Waals surface area contributed by atoms with E-state index in [0.29, 0.717) is 6.10 Å². The molecule has 4 nitrogen and oxygen atoms in total. The molecule has 2 heterocycles. The summed E-state index contributed by atoms with van der Waals surface area (Å²) in [7, 11) is 0. The molecule has 0 bridgehead atoms. The zero-order chi connectivity index (χ0) is 12.2. The van der Waals surface area contributed by atoms with Crippen molar-refractivity contribution in [2.75, 3.05) is 26.2 Å². The van der Waals surface area contributed by atoms with Gasteiger partial charge >= 0.3 is 0 Å². The number of nitrogens with zero attached hydrogens (tertiary/aromatic N) is 2. The summed E-state index contributed by atoms with van der Waals surface area (Å²) in [5.74, 6) is 0. The predicted molar refractivity (Wildman–Crippen MR) is 70.3 cm³/mol. The number of ether oxygens (including phenoxy) is 1. The van der Waals surface area contributed by atoms with Gasteiger partial charge in [0.15, 0.2) is 0 Å². The van der Waals surface area contributed by atoms with Crippen molar-refractivity contribution in [2.45, 2.75) is 31.5 Å². The first-order chi connectivity index (χ1) is 8.92. The Hall–Kier alpha value is -0.970. The van der Waals surface area contributed by atoms with E-state index in [1.807, 2.05) is 24.4 Å². The van der Waals surface area contributed by atoms with Gasteiger partial charge in [0.1, 0.15) is 0 Å². The van der Waals surface area contributed by atoms with E-state index in [-0.39, 0.29) is 0 Å². The first kappa shape index (κ1) is 12.1. The lowest BCUT2D eigenvalue weighted by atomic mass is 10.2. The molecule has 18 heavy (non-hydrogen) atoms. The number of hydrogen-bond acceptors (Lipinski definition) is 4. The molecule has 3 rings (SSSR count). The first-order valence-corrected chi connectivity index (χ1v) is 6.88. The Balaban J connectivity index is 1.40. The Morgan fingerprint density at radius 3 is 3.11 bits per heavy atom. The van der Waals surface area contributed by atoms with Gasteiger partial charge in [0.05, 0.1) is 18.4 Å². The van der Waals surface area contributed by atoms with E-state index < -0.39 is 0 Å². The standard InChI is InChI=1S/C14H21N3O/c1-2-6-16-12(3-1)9-15-10-14-11-17(7-8-18-14)13-4-5-13/h1-3,6,13-15H,4-5,7-11H2/t14-/m0/s1. The molecule has 1 aliphatic heterocycles. The summed E-state index contributed by atoms with van der Waals surface area (Å²) in [4.78, 5) is 6.88. The molecule has 4 heteroatoms. The fourth-order valence-electron chi connectivity index (χ4n) is 2.50. The van der Waals surface area contributed by atoms with E-state index in [9.17, 15) is 0 Å². The van der Waals surface area contributed by atoms with Gasteiger partial charge in [-0.1, -0.05) is 6.07 Å². The highest BCUT2D eigenvalue weighted by Crippen LogP contribution is 2.28. The van der Waals surface area contributed by atoms with E-state index in [4.69, 9.17) is 4.74 Å². The fourth-order valence-corrected chi connectivity index (χ4v) is 2.50. The second-order valence-corrected chi connectivity index (χ2v) is 5.17. The van der Waals surface area contributed by atoms with Crippen LogP contribution in [0.2, 0.25) is 0 Å². The largest absolute Gasteiger partial charge is 0.374 e. The SMILES string of the molecule is c1ccc(CNC[C@H]2CN(C3CC3)CCO2)nc1. The van der Waals surface area contributed by atoms with Gasteiger partial charge in [-0.05, 0) is 25.0 Å². The topological polar surface area (TPSA) is 37.4 Å². The van der Waals surface area contributed by atoms with Crippen LogP contribution in [0.15, 0.2) is 24.4 Å². The van der Waals surface area contributed by atoms with Crippen LogP contribution in [-0.4, -0.2) is 48.3 Å². The smallest absolute Gasteiger partial charge is 0.0826 e. The number of hydrogen-bond donors (Lipinski definition) is 1. The molecule has 2 aliphatic rings. The molecule has 0 aromatic carbocycles. The lowest BCUT2D eigenvalue weighted by molar-refractivity contribution is -0.0301. The monoisotopic (exact) mass is 247 g/mol. The normalized spacial score (nSPS) is 25.2. The van der Waals surface area contributed by atoms with Gasteiger partial charge in [0.2, 0.25) is 0 Å². The maximum absolute atomic E-state index is 5.80. The van der Waals surface area contributed by atoms with Gasteiger partial charge in [0, 0.05) is 38.4 Å². The Morgan fingerprint density at radius 1 is 1.39 bits per heavy atom. The molecular formula is C14H21N3O. The van der Waals surface area contributed by atoms with Crippen LogP contribution in [0.1, 0.15) is 18.5 Å². The third-order valence-electron chi connectivity index (χ3n) is 3.64. The third-order valence-corrected chi connectivity index (χ3v) is 3.64. The summed E-state index contributed by atoms with van der Waals surface area (Å²) in [5.41, 5.74) is 1.09. The van der Waals surface area contributed by atoms with Crippen LogP contribution in [0.3, 0.4) is 0 Å². The summed E-state index contributed by atoms with van der Waals surface area (Å²) in [6.07, 6.45) is 4.94. The fraction of sp³-hybridized carbons (Fsp3) is 0.643. The molecule has 2 fully saturated rings. The van der Waals surface area contributed by atoms with Gasteiger partial charge in [-0.25, -0.2) is 0 Å². The van der Waals surface area contributed by atoms with Crippen LogP contribution in [0.25, 0.3) is 0 Å². The molecule has 1 aromatic rings. The summed E-state index contributed by atoms with van der Waals surface area (Å²) < 4.78 is 5.80. The Labute approximate surface area is 108 Å². The molecule has 0 amide bonds. The third kappa shape index (κ3) is 3.28. The number of aromatic nitrogens is 1. The van der Waals surface area contributed by atoms with Crippen LogP contribution in [0.5, 0.6) is 0 Å². The predicted octanol–water partition coefficient (Wildman–Crippen LogP) is 1.03. The minimum Gasteiger partial charge on any atom is -0.374 e. The van der Waals surface area contributed by atoms with Crippen LogP contribution >= 0.6 is 0 Å². The quantitative estimate of drug-likeness (QED) is 0.843. The number of morpholine rings is 1. The van der Waals surface area contributed by atoms with Gasteiger partial charge in [-0.2, -0.15) is 0 Å². The van der Waals surface area contributed by atoms with Gasteiger partial charge in [0.25, 0.3) is 0 Å². The maximum Gasteiger partial charge on any atom is 0.0826 e. The van der Waals surface area contributed by atoms with Crippen molar-refractivity contribution < 1.29 is 4.74 Å². The van der Waals surface area contributed by atoms with Crippen LogP contribution in [0.4, 0.5) is 0 Å². The van der Waals surface area contributed by atoms with Crippen LogP contribution in [-0.2, 0) is 11.3 Å². The highest BCUT2D eigenvalue weighted by Gasteiger charge is 2.32. The van der Waals surface area contributed by atoms with Gasteiger partial charge in [-0.3, -0.25) is 9.88 Å². The van der Waals surface area contributed by atoms with Crippen LogP contribution in [0, 0.1) is 0 Å². The summed E-state index contributed by atoms with van der Waals surface area (Å²) in [6, 6.07) is 6.87.